The monoisotopic (exact) mass is 279 g/mol. The van der Waals surface area contributed by atoms with Crippen LogP contribution < -0.4 is 5.32 Å². The molecule has 0 fully saturated rings. The molecule has 0 saturated heterocycles. The van der Waals surface area contributed by atoms with Crippen LogP contribution in [0.5, 0.6) is 0 Å². The summed E-state index contributed by atoms with van der Waals surface area (Å²) < 4.78 is 4.86. The zero-order valence-corrected chi connectivity index (χ0v) is 12.2. The van der Waals surface area contributed by atoms with E-state index in [1.165, 1.54) is 4.90 Å². The molecule has 0 aliphatic heterocycles. The van der Waals surface area contributed by atoms with E-state index in [1.807, 2.05) is 13.8 Å². The molecule has 0 bridgehead atoms. The van der Waals surface area contributed by atoms with Crippen LogP contribution in [-0.4, -0.2) is 35.0 Å². The van der Waals surface area contributed by atoms with Gasteiger partial charge in [-0.1, -0.05) is 25.1 Å². The third-order valence-corrected chi connectivity index (χ3v) is 2.51. The molecule has 1 N–H and O–H groups in total. The number of aryl methyl sites for hydroxylation is 1. The summed E-state index contributed by atoms with van der Waals surface area (Å²) in [7, 11) is 0. The van der Waals surface area contributed by atoms with Crippen LogP contribution in [0.1, 0.15) is 26.0 Å². The fourth-order valence-corrected chi connectivity index (χ4v) is 1.67. The van der Waals surface area contributed by atoms with Crippen molar-refractivity contribution in [3.8, 4) is 0 Å². The van der Waals surface area contributed by atoms with Crippen molar-refractivity contribution in [1.82, 2.24) is 10.1 Å². The van der Waals surface area contributed by atoms with Crippen molar-refractivity contribution >= 4 is 17.6 Å². The average Bonchev–Trinajstić information content (AvgIpc) is 2.73. The Balaban J connectivity index is 2.58. The maximum absolute atomic E-state index is 12.0. The van der Waals surface area contributed by atoms with Gasteiger partial charge < -0.3 is 14.7 Å². The molecule has 1 heterocycles. The number of amides is 2. The number of rotatable bonds is 7. The van der Waals surface area contributed by atoms with E-state index in [2.05, 4.69) is 17.1 Å². The van der Waals surface area contributed by atoms with Crippen molar-refractivity contribution in [2.45, 2.75) is 27.2 Å². The topological polar surface area (TPSA) is 75.4 Å². The minimum Gasteiger partial charge on any atom is -0.360 e. The largest absolute Gasteiger partial charge is 0.360 e. The molecule has 0 aliphatic carbocycles. The highest BCUT2D eigenvalue weighted by atomic mass is 16.5. The van der Waals surface area contributed by atoms with Crippen LogP contribution in [0.4, 0.5) is 5.82 Å². The van der Waals surface area contributed by atoms with Gasteiger partial charge in [-0.05, 0) is 12.8 Å². The summed E-state index contributed by atoms with van der Waals surface area (Å²) in [5.74, 6) is 0.834. The lowest BCUT2D eigenvalue weighted by Gasteiger charge is -2.21. The Morgan fingerprint density at radius 3 is 2.75 bits per heavy atom. The molecule has 0 radical (unpaired) electrons. The van der Waals surface area contributed by atoms with E-state index >= 15 is 0 Å². The van der Waals surface area contributed by atoms with E-state index in [0.717, 1.165) is 0 Å². The van der Waals surface area contributed by atoms with Crippen LogP contribution in [0.3, 0.4) is 0 Å². The maximum atomic E-state index is 12.0. The number of carbonyl (C=O) groups excluding carboxylic acids is 2. The van der Waals surface area contributed by atoms with Gasteiger partial charge in [0.2, 0.25) is 11.8 Å². The van der Waals surface area contributed by atoms with E-state index < -0.39 is 0 Å². The second-order valence-electron chi connectivity index (χ2n) is 5.03. The second-order valence-corrected chi connectivity index (χ2v) is 5.03. The molecule has 0 atom stereocenters. The quantitative estimate of drug-likeness (QED) is 0.774. The van der Waals surface area contributed by atoms with Crippen molar-refractivity contribution in [1.29, 1.82) is 0 Å². The Morgan fingerprint density at radius 1 is 1.55 bits per heavy atom. The van der Waals surface area contributed by atoms with Gasteiger partial charge in [-0.2, -0.15) is 0 Å². The number of carbonyl (C=O) groups is 2. The van der Waals surface area contributed by atoms with Crippen LogP contribution in [0.2, 0.25) is 0 Å². The molecule has 1 rings (SSSR count). The molecular formula is C14H21N3O3. The summed E-state index contributed by atoms with van der Waals surface area (Å²) >= 11 is 0. The molecule has 2 amide bonds. The summed E-state index contributed by atoms with van der Waals surface area (Å²) in [6.45, 7) is 9.58. The van der Waals surface area contributed by atoms with Gasteiger partial charge in [-0.25, -0.2) is 0 Å². The lowest BCUT2D eigenvalue weighted by Crippen LogP contribution is -2.38. The molecular weight excluding hydrogens is 258 g/mol. The number of nitrogens with one attached hydrogen (secondary N) is 1. The average molecular weight is 279 g/mol. The lowest BCUT2D eigenvalue weighted by molar-refractivity contribution is -0.134. The van der Waals surface area contributed by atoms with Gasteiger partial charge in [0.05, 0.1) is 0 Å². The Hall–Kier alpha value is -2.11. The Morgan fingerprint density at radius 2 is 2.25 bits per heavy atom. The van der Waals surface area contributed by atoms with E-state index in [9.17, 15) is 9.59 Å². The maximum Gasteiger partial charge on any atom is 0.245 e. The first-order valence-electron chi connectivity index (χ1n) is 6.54. The highest BCUT2D eigenvalue weighted by Gasteiger charge is 2.17. The SMILES string of the molecule is C=CCN(CC(=O)Nc1cc(C)on1)C(=O)CC(C)C. The molecule has 0 spiro atoms. The van der Waals surface area contributed by atoms with E-state index in [-0.39, 0.29) is 24.3 Å². The number of hydrogen-bond donors (Lipinski definition) is 1. The van der Waals surface area contributed by atoms with Crippen LogP contribution in [0, 0.1) is 12.8 Å². The van der Waals surface area contributed by atoms with Gasteiger partial charge in [0, 0.05) is 19.0 Å². The third kappa shape index (κ3) is 5.26. The first kappa shape index (κ1) is 15.9. The summed E-state index contributed by atoms with van der Waals surface area (Å²) in [5, 5.41) is 6.26. The summed E-state index contributed by atoms with van der Waals surface area (Å²) in [6, 6.07) is 1.62. The molecule has 110 valence electrons. The van der Waals surface area contributed by atoms with E-state index in [1.54, 1.807) is 19.1 Å². The zero-order chi connectivity index (χ0) is 15.1. The van der Waals surface area contributed by atoms with Crippen molar-refractivity contribution in [2.24, 2.45) is 5.92 Å². The van der Waals surface area contributed by atoms with Crippen LogP contribution in [0.25, 0.3) is 0 Å². The summed E-state index contributed by atoms with van der Waals surface area (Å²) in [6.07, 6.45) is 2.01. The Labute approximate surface area is 118 Å². The van der Waals surface area contributed by atoms with Crippen molar-refractivity contribution in [3.05, 3.63) is 24.5 Å². The number of anilines is 1. The van der Waals surface area contributed by atoms with Crippen molar-refractivity contribution < 1.29 is 14.1 Å². The first-order chi connectivity index (χ1) is 9.42. The molecule has 6 nitrogen and oxygen atoms in total. The van der Waals surface area contributed by atoms with Crippen LogP contribution in [-0.2, 0) is 9.59 Å². The van der Waals surface area contributed by atoms with Gasteiger partial charge in [-0.15, -0.1) is 6.58 Å². The highest BCUT2D eigenvalue weighted by molar-refractivity contribution is 5.93. The molecule has 0 unspecified atom stereocenters. The van der Waals surface area contributed by atoms with Crippen LogP contribution >= 0.6 is 0 Å². The van der Waals surface area contributed by atoms with Crippen molar-refractivity contribution in [3.63, 3.8) is 0 Å². The fraction of sp³-hybridized carbons (Fsp3) is 0.500. The summed E-state index contributed by atoms with van der Waals surface area (Å²) in [5.41, 5.74) is 0. The highest BCUT2D eigenvalue weighted by Crippen LogP contribution is 2.08. The Bertz CT molecular complexity index is 480. The molecule has 0 aromatic carbocycles. The molecule has 1 aromatic rings. The summed E-state index contributed by atoms with van der Waals surface area (Å²) in [4.78, 5) is 25.3. The minimum absolute atomic E-state index is 0.0243. The standard InChI is InChI=1S/C14H21N3O3/c1-5-6-17(14(19)7-10(2)3)9-13(18)15-12-8-11(4)20-16-12/h5,8,10H,1,6-7,9H2,2-4H3,(H,15,16,18). The molecule has 20 heavy (non-hydrogen) atoms. The number of hydrogen-bond acceptors (Lipinski definition) is 4. The van der Waals surface area contributed by atoms with Gasteiger partial charge in [0.15, 0.2) is 5.82 Å². The normalized spacial score (nSPS) is 10.4. The number of aromatic nitrogens is 1. The smallest absolute Gasteiger partial charge is 0.245 e. The van der Waals surface area contributed by atoms with Crippen LogP contribution in [0.15, 0.2) is 23.2 Å². The molecule has 1 aromatic heterocycles. The van der Waals surface area contributed by atoms with Gasteiger partial charge in [-0.3, -0.25) is 9.59 Å². The Kier molecular flexibility index (Phi) is 5.96. The minimum atomic E-state index is -0.308. The fourth-order valence-electron chi connectivity index (χ4n) is 1.67. The number of nitrogens with zero attached hydrogens (tertiary/aromatic N) is 2. The van der Waals surface area contributed by atoms with E-state index in [4.69, 9.17) is 4.52 Å². The lowest BCUT2D eigenvalue weighted by atomic mass is 10.1. The third-order valence-electron chi connectivity index (χ3n) is 2.51. The van der Waals surface area contributed by atoms with Gasteiger partial charge in [0.1, 0.15) is 12.3 Å². The van der Waals surface area contributed by atoms with Crippen molar-refractivity contribution in [2.75, 3.05) is 18.4 Å². The zero-order valence-electron chi connectivity index (χ0n) is 12.2. The predicted octanol–water partition coefficient (Wildman–Crippen LogP) is 1.98. The first-order valence-corrected chi connectivity index (χ1v) is 6.54. The van der Waals surface area contributed by atoms with Gasteiger partial charge >= 0.3 is 0 Å². The molecule has 0 aliphatic rings. The molecule has 0 saturated carbocycles. The van der Waals surface area contributed by atoms with E-state index in [0.29, 0.717) is 24.5 Å². The van der Waals surface area contributed by atoms with Gasteiger partial charge in [0.25, 0.3) is 0 Å². The second kappa shape index (κ2) is 7.47. The molecule has 6 heteroatoms. The predicted molar refractivity (Wildman–Crippen MR) is 76.1 cm³/mol.